The van der Waals surface area contributed by atoms with Crippen molar-refractivity contribution in [3.05, 3.63) is 87.3 Å². The van der Waals surface area contributed by atoms with E-state index in [-0.39, 0.29) is 11.4 Å². The lowest BCUT2D eigenvalue weighted by atomic mass is 10.0. The number of aromatic nitrogens is 3. The fourth-order valence-corrected chi connectivity index (χ4v) is 4.19. The van der Waals surface area contributed by atoms with Crippen LogP contribution in [0.5, 0.6) is 0 Å². The molecule has 1 aliphatic heterocycles. The number of hydrogen-bond donors (Lipinski definition) is 2. The van der Waals surface area contributed by atoms with E-state index in [0.29, 0.717) is 18.9 Å². The number of para-hydroxylation sites is 1. The molecule has 0 radical (unpaired) electrons. The van der Waals surface area contributed by atoms with Gasteiger partial charge in [0, 0.05) is 37.0 Å². The molecule has 0 fully saturated rings. The highest BCUT2D eigenvalue weighted by Gasteiger charge is 2.23. The lowest BCUT2D eigenvalue weighted by Crippen LogP contribution is -2.35. The number of benzene rings is 2. The van der Waals surface area contributed by atoms with Crippen molar-refractivity contribution in [1.82, 2.24) is 19.9 Å². The standard InChI is InChI=1S/C23H21FN4O/c1-14-25-21-10-11-28(13-19(21)23(29)26-14)12-18-17-4-2-3-5-20(17)27-22(18)15-6-8-16(24)9-7-15/h2-9,27H,10-13H2,1H3,(H,25,26,29). The SMILES string of the molecule is Cc1nc2c(c(=O)[nH]1)CN(Cc1c(-c3ccc(F)cc3)[nH]c3ccccc13)CC2. The van der Waals surface area contributed by atoms with Crippen molar-refractivity contribution in [1.29, 1.82) is 0 Å². The third-order valence-corrected chi connectivity index (χ3v) is 5.59. The van der Waals surface area contributed by atoms with E-state index in [2.05, 4.69) is 32.0 Å². The maximum Gasteiger partial charge on any atom is 0.255 e. The van der Waals surface area contributed by atoms with Crippen molar-refractivity contribution in [2.24, 2.45) is 0 Å². The van der Waals surface area contributed by atoms with E-state index < -0.39 is 0 Å². The van der Waals surface area contributed by atoms with Crippen molar-refractivity contribution in [3.63, 3.8) is 0 Å². The summed E-state index contributed by atoms with van der Waals surface area (Å²) in [6.45, 7) is 3.92. The van der Waals surface area contributed by atoms with Crippen LogP contribution in [-0.4, -0.2) is 26.4 Å². The molecule has 0 saturated carbocycles. The molecule has 2 N–H and O–H groups in total. The number of halogens is 1. The van der Waals surface area contributed by atoms with Gasteiger partial charge in [0.05, 0.1) is 17.0 Å². The number of nitrogens with one attached hydrogen (secondary N) is 2. The van der Waals surface area contributed by atoms with Crippen LogP contribution in [0.1, 0.15) is 22.6 Å². The average molecular weight is 388 g/mol. The summed E-state index contributed by atoms with van der Waals surface area (Å²) in [6, 6.07) is 14.7. The van der Waals surface area contributed by atoms with Crippen LogP contribution in [0.3, 0.4) is 0 Å². The molecule has 4 aromatic rings. The number of H-pyrrole nitrogens is 2. The zero-order valence-corrected chi connectivity index (χ0v) is 16.1. The smallest absolute Gasteiger partial charge is 0.255 e. The number of fused-ring (bicyclic) bond motifs is 2. The minimum absolute atomic E-state index is 0.0464. The van der Waals surface area contributed by atoms with E-state index in [0.717, 1.165) is 51.9 Å². The van der Waals surface area contributed by atoms with Gasteiger partial charge in [0.2, 0.25) is 0 Å². The van der Waals surface area contributed by atoms with Gasteiger partial charge in [-0.1, -0.05) is 18.2 Å². The Morgan fingerprint density at radius 1 is 1.10 bits per heavy atom. The molecule has 0 atom stereocenters. The van der Waals surface area contributed by atoms with Crippen LogP contribution in [0.2, 0.25) is 0 Å². The first-order valence-corrected chi connectivity index (χ1v) is 9.75. The Balaban J connectivity index is 1.54. The van der Waals surface area contributed by atoms with Gasteiger partial charge in [0.25, 0.3) is 5.56 Å². The van der Waals surface area contributed by atoms with E-state index in [9.17, 15) is 9.18 Å². The monoisotopic (exact) mass is 388 g/mol. The Morgan fingerprint density at radius 2 is 1.90 bits per heavy atom. The van der Waals surface area contributed by atoms with Crippen LogP contribution < -0.4 is 5.56 Å². The fraction of sp³-hybridized carbons (Fsp3) is 0.217. The number of rotatable bonds is 3. The highest BCUT2D eigenvalue weighted by atomic mass is 19.1. The van der Waals surface area contributed by atoms with Gasteiger partial charge >= 0.3 is 0 Å². The van der Waals surface area contributed by atoms with Gasteiger partial charge in [0.15, 0.2) is 0 Å². The Labute approximate surface area is 167 Å². The fourth-order valence-electron chi connectivity index (χ4n) is 4.19. The molecule has 2 aromatic heterocycles. The highest BCUT2D eigenvalue weighted by Crippen LogP contribution is 2.32. The van der Waals surface area contributed by atoms with Gasteiger partial charge in [-0.15, -0.1) is 0 Å². The number of aryl methyl sites for hydroxylation is 1. The van der Waals surface area contributed by atoms with Gasteiger partial charge < -0.3 is 9.97 Å². The van der Waals surface area contributed by atoms with Gasteiger partial charge in [-0.2, -0.15) is 0 Å². The van der Waals surface area contributed by atoms with Crippen molar-refractivity contribution in [2.45, 2.75) is 26.4 Å². The third-order valence-electron chi connectivity index (χ3n) is 5.59. The summed E-state index contributed by atoms with van der Waals surface area (Å²) >= 11 is 0. The first kappa shape index (κ1) is 17.8. The summed E-state index contributed by atoms with van der Waals surface area (Å²) in [7, 11) is 0. The summed E-state index contributed by atoms with van der Waals surface area (Å²) < 4.78 is 13.4. The second-order valence-corrected chi connectivity index (χ2v) is 7.57. The van der Waals surface area contributed by atoms with E-state index in [4.69, 9.17) is 0 Å². The molecule has 2 aromatic carbocycles. The molecular formula is C23H21FN4O. The maximum atomic E-state index is 13.4. The van der Waals surface area contributed by atoms with Crippen molar-refractivity contribution >= 4 is 10.9 Å². The Kier molecular flexibility index (Phi) is 4.28. The highest BCUT2D eigenvalue weighted by molar-refractivity contribution is 5.90. The normalized spacial score (nSPS) is 14.3. The van der Waals surface area contributed by atoms with E-state index in [1.165, 1.54) is 12.1 Å². The lowest BCUT2D eigenvalue weighted by molar-refractivity contribution is 0.242. The molecule has 1 aliphatic rings. The molecule has 29 heavy (non-hydrogen) atoms. The predicted molar refractivity (Wildman–Crippen MR) is 111 cm³/mol. The summed E-state index contributed by atoms with van der Waals surface area (Å²) in [5, 5.41) is 1.15. The molecule has 146 valence electrons. The van der Waals surface area contributed by atoms with Crippen LogP contribution in [0.25, 0.3) is 22.2 Å². The zero-order valence-electron chi connectivity index (χ0n) is 16.1. The topological polar surface area (TPSA) is 64.8 Å². The Hall–Kier alpha value is -3.25. The van der Waals surface area contributed by atoms with E-state index in [1.54, 1.807) is 12.1 Å². The molecule has 0 spiro atoms. The van der Waals surface area contributed by atoms with Crippen LogP contribution in [-0.2, 0) is 19.5 Å². The number of aromatic amines is 2. The molecule has 0 bridgehead atoms. The molecule has 6 heteroatoms. The quantitative estimate of drug-likeness (QED) is 0.559. The molecule has 0 amide bonds. The van der Waals surface area contributed by atoms with Gasteiger partial charge in [-0.25, -0.2) is 9.37 Å². The van der Waals surface area contributed by atoms with Crippen molar-refractivity contribution in [3.8, 4) is 11.3 Å². The van der Waals surface area contributed by atoms with Crippen LogP contribution in [0.4, 0.5) is 4.39 Å². The third kappa shape index (κ3) is 3.25. The zero-order chi connectivity index (χ0) is 20.0. The first-order valence-electron chi connectivity index (χ1n) is 9.75. The minimum atomic E-state index is -0.249. The van der Waals surface area contributed by atoms with Gasteiger partial charge in [0.1, 0.15) is 11.6 Å². The molecule has 5 rings (SSSR count). The second kappa shape index (κ2) is 6.97. The second-order valence-electron chi connectivity index (χ2n) is 7.57. The summed E-state index contributed by atoms with van der Waals surface area (Å²) in [4.78, 5) is 25.5. The van der Waals surface area contributed by atoms with Crippen LogP contribution in [0.15, 0.2) is 53.3 Å². The first-order chi connectivity index (χ1) is 14.1. The Bertz CT molecular complexity index is 1260. The largest absolute Gasteiger partial charge is 0.354 e. The maximum absolute atomic E-state index is 13.4. The molecule has 3 heterocycles. The van der Waals surface area contributed by atoms with Gasteiger partial charge in [-0.3, -0.25) is 9.69 Å². The molecule has 0 aliphatic carbocycles. The predicted octanol–water partition coefficient (Wildman–Crippen LogP) is 3.92. The minimum Gasteiger partial charge on any atom is -0.354 e. The average Bonchev–Trinajstić information content (AvgIpc) is 3.07. The molecule has 0 saturated heterocycles. The lowest BCUT2D eigenvalue weighted by Gasteiger charge is -2.28. The number of hydrogen-bond acceptors (Lipinski definition) is 3. The molecule has 5 nitrogen and oxygen atoms in total. The van der Waals surface area contributed by atoms with Crippen LogP contribution in [0, 0.1) is 12.7 Å². The molecular weight excluding hydrogens is 367 g/mol. The Morgan fingerprint density at radius 3 is 2.72 bits per heavy atom. The van der Waals surface area contributed by atoms with Crippen LogP contribution >= 0.6 is 0 Å². The van der Waals surface area contributed by atoms with E-state index in [1.807, 2.05) is 19.1 Å². The van der Waals surface area contributed by atoms with Crippen molar-refractivity contribution < 1.29 is 4.39 Å². The summed E-state index contributed by atoms with van der Waals surface area (Å²) in [5.74, 6) is 0.415. The van der Waals surface area contributed by atoms with Gasteiger partial charge in [-0.05, 0) is 48.4 Å². The summed E-state index contributed by atoms with van der Waals surface area (Å²) in [6.07, 6.45) is 0.758. The number of nitrogens with zero attached hydrogens (tertiary/aromatic N) is 2. The summed E-state index contributed by atoms with van der Waals surface area (Å²) in [5.41, 5.74) is 5.76. The van der Waals surface area contributed by atoms with Crippen molar-refractivity contribution in [2.75, 3.05) is 6.54 Å². The van der Waals surface area contributed by atoms with E-state index >= 15 is 0 Å². The molecule has 0 unspecified atom stereocenters.